The average Bonchev–Trinajstić information content (AvgIpc) is 3.22. The molecule has 0 spiro atoms. The second-order valence-electron chi connectivity index (χ2n) is 7.57. The van der Waals surface area contributed by atoms with Crippen LogP contribution in [0.25, 0.3) is 0 Å². The summed E-state index contributed by atoms with van der Waals surface area (Å²) in [6.07, 6.45) is 1.76. The van der Waals surface area contributed by atoms with Crippen molar-refractivity contribution in [1.29, 1.82) is 0 Å². The van der Waals surface area contributed by atoms with E-state index in [1.54, 1.807) is 20.4 Å². The quantitative estimate of drug-likeness (QED) is 0.510. The molecule has 0 radical (unpaired) electrons. The van der Waals surface area contributed by atoms with Gasteiger partial charge in [0.05, 0.1) is 38.7 Å². The van der Waals surface area contributed by atoms with E-state index in [-0.39, 0.29) is 0 Å². The minimum absolute atomic E-state index is 0.652. The fourth-order valence-corrected chi connectivity index (χ4v) is 3.72. The van der Waals surface area contributed by atoms with Gasteiger partial charge in [-0.15, -0.1) is 0 Å². The van der Waals surface area contributed by atoms with Crippen molar-refractivity contribution < 1.29 is 9.47 Å². The van der Waals surface area contributed by atoms with Gasteiger partial charge < -0.3 is 9.47 Å². The standard InChI is InChI=1S/C22H32N6O2/c1-16-13-18(3)27(24-16)11-9-26(10-12-28-19(4)14-17(2)25-28)15-20-22(30-6)21(29-5)7-8-23-20/h7-8,13-14H,9-12,15H2,1-6H3. The zero-order chi connectivity index (χ0) is 21.7. The van der Waals surface area contributed by atoms with E-state index in [0.29, 0.717) is 18.0 Å². The summed E-state index contributed by atoms with van der Waals surface area (Å²) in [4.78, 5) is 6.92. The molecule has 0 aromatic carbocycles. The number of aromatic nitrogens is 5. The molecule has 0 aliphatic heterocycles. The highest BCUT2D eigenvalue weighted by molar-refractivity contribution is 5.42. The molecule has 162 valence electrons. The van der Waals surface area contributed by atoms with E-state index in [1.807, 2.05) is 19.9 Å². The molecule has 0 saturated heterocycles. The lowest BCUT2D eigenvalue weighted by atomic mass is 10.2. The van der Waals surface area contributed by atoms with Crippen LogP contribution < -0.4 is 9.47 Å². The number of aryl methyl sites for hydroxylation is 4. The maximum atomic E-state index is 5.59. The molecule has 0 fully saturated rings. The van der Waals surface area contributed by atoms with Crippen LogP contribution in [0.15, 0.2) is 24.4 Å². The second kappa shape index (κ2) is 9.75. The smallest absolute Gasteiger partial charge is 0.183 e. The van der Waals surface area contributed by atoms with Gasteiger partial charge in [-0.25, -0.2) is 0 Å². The summed E-state index contributed by atoms with van der Waals surface area (Å²) in [6, 6.07) is 6.03. The molecule has 3 aromatic rings. The van der Waals surface area contributed by atoms with Crippen molar-refractivity contribution in [2.75, 3.05) is 27.3 Å². The summed E-state index contributed by atoms with van der Waals surface area (Å²) in [5.74, 6) is 1.38. The first-order valence-electron chi connectivity index (χ1n) is 10.2. The molecule has 3 aromatic heterocycles. The van der Waals surface area contributed by atoms with Gasteiger partial charge in [-0.05, 0) is 39.8 Å². The van der Waals surface area contributed by atoms with Gasteiger partial charge in [-0.1, -0.05) is 0 Å². The van der Waals surface area contributed by atoms with Crippen LogP contribution >= 0.6 is 0 Å². The molecule has 0 bridgehead atoms. The van der Waals surface area contributed by atoms with Gasteiger partial charge in [0.2, 0.25) is 0 Å². The molecule has 0 aliphatic carbocycles. The van der Waals surface area contributed by atoms with E-state index < -0.39 is 0 Å². The molecular weight excluding hydrogens is 380 g/mol. The summed E-state index contributed by atoms with van der Waals surface area (Å²) in [5.41, 5.74) is 5.28. The van der Waals surface area contributed by atoms with Gasteiger partial charge in [0.15, 0.2) is 11.5 Å². The van der Waals surface area contributed by atoms with Crippen LogP contribution in [0.2, 0.25) is 0 Å². The summed E-state index contributed by atoms with van der Waals surface area (Å²) >= 11 is 0. The fraction of sp³-hybridized carbons (Fsp3) is 0.500. The number of methoxy groups -OCH3 is 2. The maximum absolute atomic E-state index is 5.59. The van der Waals surface area contributed by atoms with E-state index in [0.717, 1.165) is 43.3 Å². The number of hydrogen-bond acceptors (Lipinski definition) is 6. The van der Waals surface area contributed by atoms with Crippen molar-refractivity contribution in [1.82, 2.24) is 29.4 Å². The Kier molecular flexibility index (Phi) is 7.10. The predicted molar refractivity (Wildman–Crippen MR) is 116 cm³/mol. The molecule has 3 rings (SSSR count). The van der Waals surface area contributed by atoms with Gasteiger partial charge in [0.25, 0.3) is 0 Å². The molecule has 0 aliphatic rings. The van der Waals surface area contributed by atoms with Gasteiger partial charge in [0, 0.05) is 43.3 Å². The van der Waals surface area contributed by atoms with Crippen molar-refractivity contribution in [2.45, 2.75) is 47.3 Å². The maximum Gasteiger partial charge on any atom is 0.183 e. The average molecular weight is 413 g/mol. The third-order valence-corrected chi connectivity index (χ3v) is 5.20. The van der Waals surface area contributed by atoms with Gasteiger partial charge >= 0.3 is 0 Å². The Balaban J connectivity index is 1.77. The second-order valence-corrected chi connectivity index (χ2v) is 7.57. The van der Waals surface area contributed by atoms with Crippen LogP contribution in [0, 0.1) is 27.7 Å². The SMILES string of the molecule is COc1ccnc(CN(CCn2nc(C)cc2C)CCn2nc(C)cc2C)c1OC. The highest BCUT2D eigenvalue weighted by Crippen LogP contribution is 2.29. The van der Waals surface area contributed by atoms with Gasteiger partial charge in [0.1, 0.15) is 5.69 Å². The minimum atomic E-state index is 0.652. The normalized spacial score (nSPS) is 11.3. The minimum Gasteiger partial charge on any atom is -0.493 e. The third-order valence-electron chi connectivity index (χ3n) is 5.20. The van der Waals surface area contributed by atoms with E-state index in [2.05, 4.69) is 55.4 Å². The van der Waals surface area contributed by atoms with Crippen molar-refractivity contribution in [3.8, 4) is 11.5 Å². The van der Waals surface area contributed by atoms with Gasteiger partial charge in [-0.3, -0.25) is 19.2 Å². The first kappa shape index (κ1) is 21.8. The van der Waals surface area contributed by atoms with Crippen LogP contribution in [0.4, 0.5) is 0 Å². The highest BCUT2D eigenvalue weighted by atomic mass is 16.5. The van der Waals surface area contributed by atoms with Crippen molar-refractivity contribution in [3.05, 3.63) is 52.9 Å². The Morgan fingerprint density at radius 3 is 1.87 bits per heavy atom. The predicted octanol–water partition coefficient (Wildman–Crippen LogP) is 2.93. The van der Waals surface area contributed by atoms with Crippen LogP contribution in [0.5, 0.6) is 11.5 Å². The molecule has 0 N–H and O–H groups in total. The topological polar surface area (TPSA) is 70.2 Å². The molecule has 0 saturated carbocycles. The van der Waals surface area contributed by atoms with E-state index >= 15 is 0 Å². The van der Waals surface area contributed by atoms with E-state index in [4.69, 9.17) is 9.47 Å². The van der Waals surface area contributed by atoms with Crippen LogP contribution in [0.1, 0.15) is 28.5 Å². The molecule has 3 heterocycles. The highest BCUT2D eigenvalue weighted by Gasteiger charge is 2.16. The zero-order valence-corrected chi connectivity index (χ0v) is 18.8. The summed E-state index contributed by atoms with van der Waals surface area (Å²) in [5, 5.41) is 9.20. The Morgan fingerprint density at radius 1 is 0.867 bits per heavy atom. The van der Waals surface area contributed by atoms with E-state index in [1.165, 1.54) is 11.4 Å². The monoisotopic (exact) mass is 412 g/mol. The molecule has 8 heteroatoms. The van der Waals surface area contributed by atoms with Crippen LogP contribution in [0.3, 0.4) is 0 Å². The Labute approximate surface area is 178 Å². The number of rotatable bonds is 10. The van der Waals surface area contributed by atoms with Crippen molar-refractivity contribution >= 4 is 0 Å². The Hall–Kier alpha value is -2.87. The van der Waals surface area contributed by atoms with Gasteiger partial charge in [-0.2, -0.15) is 10.2 Å². The first-order valence-corrected chi connectivity index (χ1v) is 10.2. The zero-order valence-electron chi connectivity index (χ0n) is 18.8. The molecule has 0 amide bonds. The van der Waals surface area contributed by atoms with Crippen LogP contribution in [-0.4, -0.2) is 56.8 Å². The molecule has 0 unspecified atom stereocenters. The lowest BCUT2D eigenvalue weighted by molar-refractivity contribution is 0.228. The Morgan fingerprint density at radius 2 is 1.43 bits per heavy atom. The summed E-state index contributed by atoms with van der Waals surface area (Å²) in [7, 11) is 3.30. The molecule has 30 heavy (non-hydrogen) atoms. The largest absolute Gasteiger partial charge is 0.493 e. The number of pyridine rings is 1. The molecular formula is C22H32N6O2. The van der Waals surface area contributed by atoms with Crippen molar-refractivity contribution in [2.24, 2.45) is 0 Å². The van der Waals surface area contributed by atoms with Crippen molar-refractivity contribution in [3.63, 3.8) is 0 Å². The first-order chi connectivity index (χ1) is 14.4. The number of hydrogen-bond donors (Lipinski definition) is 0. The molecule has 0 atom stereocenters. The Bertz CT molecular complexity index is 928. The number of ether oxygens (including phenoxy) is 2. The number of nitrogens with zero attached hydrogens (tertiary/aromatic N) is 6. The third kappa shape index (κ3) is 5.18. The molecule has 8 nitrogen and oxygen atoms in total. The van der Waals surface area contributed by atoms with Crippen LogP contribution in [-0.2, 0) is 19.6 Å². The summed E-state index contributed by atoms with van der Waals surface area (Å²) < 4.78 is 15.1. The fourth-order valence-electron chi connectivity index (χ4n) is 3.72. The van der Waals surface area contributed by atoms with E-state index in [9.17, 15) is 0 Å². The lowest BCUT2D eigenvalue weighted by Crippen LogP contribution is -2.32. The lowest BCUT2D eigenvalue weighted by Gasteiger charge is -2.24. The summed E-state index contributed by atoms with van der Waals surface area (Å²) in [6.45, 7) is 12.2.